The predicted octanol–water partition coefficient (Wildman–Crippen LogP) is 3.77. The molecule has 3 rings (SSSR count). The molecule has 3 aromatic rings. The van der Waals surface area contributed by atoms with Gasteiger partial charge in [0.25, 0.3) is 5.91 Å². The zero-order chi connectivity index (χ0) is 16.2. The summed E-state index contributed by atoms with van der Waals surface area (Å²) in [7, 11) is 1.64. The molecule has 5 nitrogen and oxygen atoms in total. The van der Waals surface area contributed by atoms with Crippen molar-refractivity contribution in [1.29, 1.82) is 0 Å². The van der Waals surface area contributed by atoms with E-state index in [2.05, 4.69) is 15.5 Å². The van der Waals surface area contributed by atoms with Gasteiger partial charge in [-0.25, -0.2) is 0 Å². The molecule has 0 unspecified atom stereocenters. The third-order valence-electron chi connectivity index (χ3n) is 3.32. The number of nitrogens with zero attached hydrogens (tertiary/aromatic N) is 2. The highest BCUT2D eigenvalue weighted by molar-refractivity contribution is 7.15. The molecule has 0 aliphatic rings. The first-order chi connectivity index (χ1) is 11.2. The Morgan fingerprint density at radius 3 is 2.13 bits per heavy atom. The summed E-state index contributed by atoms with van der Waals surface area (Å²) >= 11 is 1.35. The molecule has 0 bridgehead atoms. The number of methoxy groups -OCH3 is 1. The predicted molar refractivity (Wildman–Crippen MR) is 91.0 cm³/mol. The lowest BCUT2D eigenvalue weighted by atomic mass is 10.0. The van der Waals surface area contributed by atoms with Gasteiger partial charge >= 0.3 is 0 Å². The summed E-state index contributed by atoms with van der Waals surface area (Å²) < 4.78 is 5.15. The molecule has 0 radical (unpaired) electrons. The van der Waals surface area contributed by atoms with Crippen LogP contribution in [0.5, 0.6) is 5.75 Å². The van der Waals surface area contributed by atoms with Crippen molar-refractivity contribution >= 4 is 22.4 Å². The van der Waals surface area contributed by atoms with Crippen molar-refractivity contribution < 1.29 is 9.53 Å². The van der Waals surface area contributed by atoms with Gasteiger partial charge in [-0.15, -0.1) is 10.2 Å². The molecule has 116 valence electrons. The molecular weight excluding hydrogens is 310 g/mol. The Bertz CT molecular complexity index is 811. The average Bonchev–Trinajstić information content (AvgIpc) is 3.00. The zero-order valence-electron chi connectivity index (χ0n) is 12.7. The van der Waals surface area contributed by atoms with E-state index in [4.69, 9.17) is 4.74 Å². The van der Waals surface area contributed by atoms with E-state index in [-0.39, 0.29) is 5.91 Å². The molecule has 1 aromatic heterocycles. The lowest BCUT2D eigenvalue weighted by Crippen LogP contribution is -2.11. The molecule has 0 atom stereocenters. The first kappa shape index (κ1) is 15.2. The minimum Gasteiger partial charge on any atom is -0.497 e. The van der Waals surface area contributed by atoms with Crippen molar-refractivity contribution in [2.45, 2.75) is 6.92 Å². The first-order valence-electron chi connectivity index (χ1n) is 7.01. The third-order valence-corrected chi connectivity index (χ3v) is 4.07. The number of carbonyl (C=O) groups excluding carboxylic acids is 1. The Morgan fingerprint density at radius 1 is 1.00 bits per heavy atom. The number of aryl methyl sites for hydroxylation is 1. The Hall–Kier alpha value is -2.73. The van der Waals surface area contributed by atoms with Crippen molar-refractivity contribution in [2.75, 3.05) is 12.4 Å². The number of carbonyl (C=O) groups is 1. The number of nitrogens with one attached hydrogen (secondary N) is 1. The Balaban J connectivity index is 1.74. The van der Waals surface area contributed by atoms with Gasteiger partial charge in [0.15, 0.2) is 0 Å². The standard InChI is InChI=1S/C17H15N3O2S/c1-11-19-20-17(23-11)18-16(21)14-5-3-12(4-6-14)13-7-9-15(22-2)10-8-13/h3-10H,1-2H3,(H,18,20,21). The lowest BCUT2D eigenvalue weighted by molar-refractivity contribution is 0.102. The highest BCUT2D eigenvalue weighted by atomic mass is 32.1. The zero-order valence-corrected chi connectivity index (χ0v) is 13.6. The maximum Gasteiger partial charge on any atom is 0.257 e. The maximum atomic E-state index is 12.2. The minimum atomic E-state index is -0.192. The van der Waals surface area contributed by atoms with Crippen molar-refractivity contribution in [3.63, 3.8) is 0 Å². The van der Waals surface area contributed by atoms with Gasteiger partial charge in [-0.05, 0) is 42.3 Å². The van der Waals surface area contributed by atoms with Crippen LogP contribution in [-0.4, -0.2) is 23.2 Å². The van der Waals surface area contributed by atoms with Gasteiger partial charge in [-0.2, -0.15) is 0 Å². The van der Waals surface area contributed by atoms with Crippen LogP contribution in [0.3, 0.4) is 0 Å². The monoisotopic (exact) mass is 325 g/mol. The Morgan fingerprint density at radius 2 is 1.61 bits per heavy atom. The molecule has 2 aromatic carbocycles. The summed E-state index contributed by atoms with van der Waals surface area (Å²) in [5, 5.41) is 11.8. The second kappa shape index (κ2) is 6.58. The molecule has 0 saturated heterocycles. The average molecular weight is 325 g/mol. The summed E-state index contributed by atoms with van der Waals surface area (Å²) in [6.45, 7) is 1.84. The number of rotatable bonds is 4. The molecule has 0 aliphatic heterocycles. The summed E-state index contributed by atoms with van der Waals surface area (Å²) in [5.74, 6) is 0.625. The SMILES string of the molecule is COc1ccc(-c2ccc(C(=O)Nc3nnc(C)s3)cc2)cc1. The Labute approximate surface area is 138 Å². The van der Waals surface area contributed by atoms with E-state index >= 15 is 0 Å². The van der Waals surface area contributed by atoms with E-state index in [1.54, 1.807) is 19.2 Å². The van der Waals surface area contributed by atoms with Crippen molar-refractivity contribution in [3.8, 4) is 16.9 Å². The van der Waals surface area contributed by atoms with Crippen LogP contribution in [0.15, 0.2) is 48.5 Å². The van der Waals surface area contributed by atoms with E-state index in [0.717, 1.165) is 21.9 Å². The van der Waals surface area contributed by atoms with Gasteiger partial charge in [0.05, 0.1) is 7.11 Å². The molecule has 6 heteroatoms. The van der Waals surface area contributed by atoms with Crippen LogP contribution in [0.25, 0.3) is 11.1 Å². The topological polar surface area (TPSA) is 64.1 Å². The molecule has 0 aliphatic carbocycles. The van der Waals surface area contributed by atoms with E-state index in [1.165, 1.54) is 11.3 Å². The second-order valence-electron chi connectivity index (χ2n) is 4.89. The van der Waals surface area contributed by atoms with Gasteiger partial charge in [0, 0.05) is 5.56 Å². The van der Waals surface area contributed by atoms with Crippen molar-refractivity contribution in [3.05, 3.63) is 59.1 Å². The summed E-state index contributed by atoms with van der Waals surface area (Å²) in [5.41, 5.74) is 2.68. The van der Waals surface area contributed by atoms with E-state index in [9.17, 15) is 4.79 Å². The number of anilines is 1. The van der Waals surface area contributed by atoms with Crippen molar-refractivity contribution in [1.82, 2.24) is 10.2 Å². The molecule has 1 heterocycles. The number of amides is 1. The number of hydrogen-bond acceptors (Lipinski definition) is 5. The number of hydrogen-bond donors (Lipinski definition) is 1. The fraction of sp³-hybridized carbons (Fsp3) is 0.118. The largest absolute Gasteiger partial charge is 0.497 e. The number of ether oxygens (including phenoxy) is 1. The molecule has 0 fully saturated rings. The maximum absolute atomic E-state index is 12.2. The third kappa shape index (κ3) is 3.54. The van der Waals surface area contributed by atoms with Gasteiger partial charge in [0.2, 0.25) is 5.13 Å². The van der Waals surface area contributed by atoms with E-state index in [1.807, 2.05) is 43.3 Å². The summed E-state index contributed by atoms with van der Waals surface area (Å²) in [4.78, 5) is 12.2. The van der Waals surface area contributed by atoms with Crippen LogP contribution >= 0.6 is 11.3 Å². The smallest absolute Gasteiger partial charge is 0.257 e. The number of benzene rings is 2. The van der Waals surface area contributed by atoms with Gasteiger partial charge < -0.3 is 4.74 Å². The highest BCUT2D eigenvalue weighted by Gasteiger charge is 2.09. The van der Waals surface area contributed by atoms with Crippen LogP contribution in [0.4, 0.5) is 5.13 Å². The molecule has 1 N–H and O–H groups in total. The second-order valence-corrected chi connectivity index (χ2v) is 6.07. The van der Waals surface area contributed by atoms with E-state index < -0.39 is 0 Å². The summed E-state index contributed by atoms with van der Waals surface area (Å²) in [6, 6.07) is 15.2. The van der Waals surface area contributed by atoms with E-state index in [0.29, 0.717) is 10.7 Å². The minimum absolute atomic E-state index is 0.192. The summed E-state index contributed by atoms with van der Waals surface area (Å²) in [6.07, 6.45) is 0. The first-order valence-corrected chi connectivity index (χ1v) is 7.83. The van der Waals surface area contributed by atoms with Gasteiger partial charge in [-0.3, -0.25) is 10.1 Å². The van der Waals surface area contributed by atoms with Gasteiger partial charge in [0.1, 0.15) is 10.8 Å². The van der Waals surface area contributed by atoms with Crippen molar-refractivity contribution in [2.24, 2.45) is 0 Å². The fourth-order valence-electron chi connectivity index (χ4n) is 2.11. The quantitative estimate of drug-likeness (QED) is 0.793. The van der Waals surface area contributed by atoms with Gasteiger partial charge in [-0.1, -0.05) is 35.6 Å². The normalized spacial score (nSPS) is 10.3. The lowest BCUT2D eigenvalue weighted by Gasteiger charge is -2.05. The molecule has 0 spiro atoms. The highest BCUT2D eigenvalue weighted by Crippen LogP contribution is 2.23. The molecular formula is C17H15N3O2S. The fourth-order valence-corrected chi connectivity index (χ4v) is 2.70. The molecule has 23 heavy (non-hydrogen) atoms. The Kier molecular flexibility index (Phi) is 4.34. The molecule has 1 amide bonds. The van der Waals surface area contributed by atoms with Crippen LogP contribution in [-0.2, 0) is 0 Å². The van der Waals surface area contributed by atoms with Crippen LogP contribution in [0.1, 0.15) is 15.4 Å². The molecule has 0 saturated carbocycles. The van der Waals surface area contributed by atoms with Crippen LogP contribution in [0, 0.1) is 6.92 Å². The number of aromatic nitrogens is 2. The van der Waals surface area contributed by atoms with Crippen LogP contribution < -0.4 is 10.1 Å². The van der Waals surface area contributed by atoms with Crippen LogP contribution in [0.2, 0.25) is 0 Å².